The van der Waals surface area contributed by atoms with Crippen molar-refractivity contribution in [1.82, 2.24) is 14.8 Å². The zero-order valence-corrected chi connectivity index (χ0v) is 27.7. The van der Waals surface area contributed by atoms with Crippen LogP contribution in [-0.4, -0.2) is 52.3 Å². The molecule has 2 heterocycles. The van der Waals surface area contributed by atoms with E-state index >= 15 is 4.39 Å². The van der Waals surface area contributed by atoms with Crippen LogP contribution in [0.15, 0.2) is 41.3 Å². The number of halogens is 5. The molecule has 0 saturated carbocycles. The summed E-state index contributed by atoms with van der Waals surface area (Å²) in [5.41, 5.74) is 0.663. The quantitative estimate of drug-likeness (QED) is 0.215. The number of carboxylic acids is 1. The van der Waals surface area contributed by atoms with E-state index in [2.05, 4.69) is 5.32 Å². The van der Waals surface area contributed by atoms with E-state index in [1.807, 2.05) is 4.90 Å². The number of carboxylic acid groups (broad SMARTS) is 1. The fourth-order valence-corrected chi connectivity index (χ4v) is 6.07. The van der Waals surface area contributed by atoms with Gasteiger partial charge in [0.25, 0.3) is 5.56 Å². The highest BCUT2D eigenvalue weighted by molar-refractivity contribution is 7.59. The lowest BCUT2D eigenvalue weighted by molar-refractivity contribution is -0.138. The van der Waals surface area contributed by atoms with Gasteiger partial charge in [-0.25, -0.2) is 17.6 Å². The largest absolute Gasteiger partial charge is 0.481 e. The summed E-state index contributed by atoms with van der Waals surface area (Å²) in [5, 5.41) is 12.4. The lowest BCUT2D eigenvalue weighted by Crippen LogP contribution is -2.49. The summed E-state index contributed by atoms with van der Waals surface area (Å²) >= 11 is 6.34. The molecule has 2 atom stereocenters. The first-order valence-electron chi connectivity index (χ1n) is 14.7. The Bertz CT molecular complexity index is 1640. The molecular weight excluding hydrogens is 646 g/mol. The summed E-state index contributed by atoms with van der Waals surface area (Å²) < 4.78 is 58.7. The molecule has 1 fully saturated rings. The van der Waals surface area contributed by atoms with E-state index in [0.29, 0.717) is 35.2 Å². The monoisotopic (exact) mass is 683 g/mol. The summed E-state index contributed by atoms with van der Waals surface area (Å²) in [6, 6.07) is 3.70. The summed E-state index contributed by atoms with van der Waals surface area (Å²) in [7, 11) is 0. The van der Waals surface area contributed by atoms with Crippen LogP contribution in [0, 0.1) is 37.2 Å². The summed E-state index contributed by atoms with van der Waals surface area (Å²) in [5.74, 6) is -4.65. The second kappa shape index (κ2) is 15.5. The number of nitrogens with one attached hydrogen (secondary N) is 1. The molecule has 1 unspecified atom stereocenters. The third-order valence-electron chi connectivity index (χ3n) is 7.91. The van der Waals surface area contributed by atoms with E-state index < -0.39 is 59.6 Å². The van der Waals surface area contributed by atoms with Gasteiger partial charge in [-0.1, -0.05) is 25.4 Å². The molecule has 0 bridgehead atoms. The van der Waals surface area contributed by atoms with E-state index in [1.54, 1.807) is 20.8 Å². The zero-order chi connectivity index (χ0) is 33.2. The highest BCUT2D eigenvalue weighted by Gasteiger charge is 2.30. The Morgan fingerprint density at radius 2 is 1.74 bits per heavy atom. The first-order chi connectivity index (χ1) is 21.1. The number of amides is 1. The summed E-state index contributed by atoms with van der Waals surface area (Å²) in [6.07, 6.45) is 0.187. The lowest BCUT2D eigenvalue weighted by atomic mass is 9.92. The Morgan fingerprint density at radius 1 is 1.07 bits per heavy atom. The van der Waals surface area contributed by atoms with Crippen LogP contribution >= 0.6 is 25.1 Å². The molecule has 2 N–H and O–H groups in total. The maximum absolute atomic E-state index is 15.7. The van der Waals surface area contributed by atoms with Gasteiger partial charge in [0.15, 0.2) is 5.82 Å². The highest BCUT2D eigenvalue weighted by Crippen LogP contribution is 2.36. The van der Waals surface area contributed by atoms with Gasteiger partial charge in [-0.2, -0.15) is 13.5 Å². The van der Waals surface area contributed by atoms with Gasteiger partial charge >= 0.3 is 5.97 Å². The van der Waals surface area contributed by atoms with Crippen LogP contribution in [0.5, 0.6) is 0 Å². The van der Waals surface area contributed by atoms with E-state index in [1.165, 1.54) is 31.3 Å². The summed E-state index contributed by atoms with van der Waals surface area (Å²) in [6.45, 7) is 7.69. The van der Waals surface area contributed by atoms with Crippen molar-refractivity contribution < 1.29 is 32.3 Å². The van der Waals surface area contributed by atoms with Crippen molar-refractivity contribution in [2.75, 3.05) is 19.6 Å². The Balaban J connectivity index is 0.00000576. The van der Waals surface area contributed by atoms with E-state index in [-0.39, 0.29) is 55.1 Å². The number of carbonyl (C=O) groups excluding carboxylic acids is 1. The van der Waals surface area contributed by atoms with Gasteiger partial charge in [-0.05, 0) is 85.2 Å². The molecule has 250 valence electrons. The van der Waals surface area contributed by atoms with Crippen LogP contribution in [0.1, 0.15) is 61.0 Å². The number of aryl methyl sites for hydroxylation is 2. The van der Waals surface area contributed by atoms with Crippen molar-refractivity contribution in [3.05, 3.63) is 91.6 Å². The molecular formula is C33H38ClF4N3O4S. The fourth-order valence-electron chi connectivity index (χ4n) is 5.70. The van der Waals surface area contributed by atoms with Gasteiger partial charge in [0.05, 0.1) is 17.5 Å². The summed E-state index contributed by atoms with van der Waals surface area (Å²) in [4.78, 5) is 40.6. The number of aromatic nitrogens is 1. The fraction of sp³-hybridized carbons (Fsp3) is 0.424. The number of hydrogen-bond acceptors (Lipinski definition) is 4. The number of hydrogen-bond donors (Lipinski definition) is 2. The highest BCUT2D eigenvalue weighted by atomic mass is 35.5. The first kappa shape index (κ1) is 37.1. The van der Waals surface area contributed by atoms with E-state index in [9.17, 15) is 32.7 Å². The Kier molecular flexibility index (Phi) is 12.5. The van der Waals surface area contributed by atoms with Gasteiger partial charge in [0.2, 0.25) is 5.91 Å². The third kappa shape index (κ3) is 8.71. The molecule has 1 saturated heterocycles. The Hall–Kier alpha value is -3.35. The minimum atomic E-state index is -1.38. The third-order valence-corrected chi connectivity index (χ3v) is 8.21. The average molecular weight is 684 g/mol. The van der Waals surface area contributed by atoms with Crippen LogP contribution in [0.25, 0.3) is 11.1 Å². The molecule has 1 amide bonds. The molecule has 7 nitrogen and oxygen atoms in total. The molecule has 0 radical (unpaired) electrons. The second-order valence-corrected chi connectivity index (χ2v) is 12.5. The van der Waals surface area contributed by atoms with Crippen molar-refractivity contribution >= 4 is 37.0 Å². The van der Waals surface area contributed by atoms with Gasteiger partial charge in [-0.15, -0.1) is 0 Å². The number of likely N-dealkylation sites (tertiary alicyclic amines) is 1. The number of pyridine rings is 1. The van der Waals surface area contributed by atoms with Gasteiger partial charge in [0, 0.05) is 37.0 Å². The number of carbonyl (C=O) groups is 2. The zero-order valence-electron chi connectivity index (χ0n) is 26.0. The Morgan fingerprint density at radius 3 is 2.33 bits per heavy atom. The normalized spacial score (nSPS) is 14.8. The second-order valence-electron chi connectivity index (χ2n) is 12.1. The standard InChI is InChI=1S/C33H36ClF4N3O4.H2S/c1-17(2)7-28(41-14-20(10-26(37)33(41)45)5-6-40-15-23(36)16-40)32(44)39-27(13-29(42)43)24-11-21(8-19(4)31(24)38)30-18(3)9-22(35)12-25(30)34;/h8-12,14,17,23,27-28H,5-7,13,15-16H2,1-4H3,(H,39,44)(H,42,43);1H2/t27-,28?;/m0./s1. The molecule has 4 rings (SSSR count). The van der Waals surface area contributed by atoms with Crippen molar-refractivity contribution in [1.29, 1.82) is 0 Å². The number of rotatable bonds is 12. The van der Waals surface area contributed by atoms with Crippen molar-refractivity contribution in [3.63, 3.8) is 0 Å². The van der Waals surface area contributed by atoms with E-state index in [0.717, 1.165) is 16.7 Å². The van der Waals surface area contributed by atoms with Crippen LogP contribution in [0.2, 0.25) is 5.02 Å². The number of nitrogens with zero attached hydrogens (tertiary/aromatic N) is 2. The minimum Gasteiger partial charge on any atom is -0.481 e. The molecule has 13 heteroatoms. The van der Waals surface area contributed by atoms with Crippen molar-refractivity contribution in [3.8, 4) is 11.1 Å². The Labute approximate surface area is 277 Å². The van der Waals surface area contributed by atoms with Crippen molar-refractivity contribution in [2.24, 2.45) is 5.92 Å². The molecule has 1 aliphatic heterocycles. The number of benzene rings is 2. The molecule has 0 aliphatic carbocycles. The van der Waals surface area contributed by atoms with Crippen LogP contribution in [0.3, 0.4) is 0 Å². The molecule has 46 heavy (non-hydrogen) atoms. The predicted molar refractivity (Wildman–Crippen MR) is 174 cm³/mol. The first-order valence-corrected chi connectivity index (χ1v) is 15.1. The smallest absolute Gasteiger partial charge is 0.305 e. The molecule has 1 aromatic heterocycles. The predicted octanol–water partition coefficient (Wildman–Crippen LogP) is 6.43. The van der Waals surface area contributed by atoms with Gasteiger partial charge < -0.3 is 15.0 Å². The van der Waals surface area contributed by atoms with Crippen LogP contribution < -0.4 is 10.9 Å². The van der Waals surface area contributed by atoms with Gasteiger partial charge in [-0.3, -0.25) is 19.3 Å². The number of aliphatic carboxylic acids is 1. The van der Waals surface area contributed by atoms with Crippen molar-refractivity contribution in [2.45, 2.75) is 65.2 Å². The van der Waals surface area contributed by atoms with Crippen LogP contribution in [-0.2, 0) is 16.0 Å². The maximum Gasteiger partial charge on any atom is 0.305 e. The number of alkyl halides is 1. The van der Waals surface area contributed by atoms with E-state index in [4.69, 9.17) is 11.6 Å². The minimum absolute atomic E-state index is 0. The SMILES string of the molecule is Cc1cc(-c2c(C)cc(F)cc2Cl)cc([C@H](CC(=O)O)NC(=O)C(CC(C)C)n2cc(CCN3CC(F)C3)cc(F)c2=O)c1F.S. The average Bonchev–Trinajstić information content (AvgIpc) is 2.91. The van der Waals surface area contributed by atoms with Crippen LogP contribution in [0.4, 0.5) is 17.6 Å². The maximum atomic E-state index is 15.7. The topological polar surface area (TPSA) is 91.6 Å². The lowest BCUT2D eigenvalue weighted by Gasteiger charge is -2.34. The molecule has 3 aromatic rings. The molecule has 0 spiro atoms. The van der Waals surface area contributed by atoms with Gasteiger partial charge in [0.1, 0.15) is 23.8 Å². The molecule has 2 aromatic carbocycles. The molecule has 1 aliphatic rings.